The molecule has 0 aromatic heterocycles. The Bertz CT molecular complexity index is 4990. The van der Waals surface area contributed by atoms with Crippen LogP contribution in [-0.2, 0) is 114 Å². The quantitative estimate of drug-likeness (QED) is 0.00548. The van der Waals surface area contributed by atoms with Crippen LogP contribution in [0.25, 0.3) is 0 Å². The molecule has 133 heavy (non-hydrogen) atoms. The number of aliphatic carboxylic acids is 1. The largest absolute Gasteiger partial charge is 0.744 e. The molecule has 3 aliphatic rings. The Morgan fingerprint density at radius 1 is 0.677 bits per heavy atom. The van der Waals surface area contributed by atoms with E-state index in [2.05, 4.69) is 41.1 Å². The van der Waals surface area contributed by atoms with E-state index in [1.807, 2.05) is 78.8 Å². The Labute approximate surface area is 782 Å². The molecule has 1 fully saturated rings. The van der Waals surface area contributed by atoms with Gasteiger partial charge in [-0.15, -0.1) is 11.8 Å². The molecule has 0 bridgehead atoms. The third-order valence-corrected chi connectivity index (χ3v) is 26.3. The SMILES string of the molecule is CCN1C(=CC=CC=CC2=[N+](CCCCCC(=O)NCCN3C(=O)CC(SC[C@H](CC(=O)CCCC(=O)[C@H](CCC(=O)O)NC(=O)COCCOCCCC(=O)CNC(=O)[C@@H](CC(=O)[C@H](CCCCN)NC(=O)[C@H](CO)CC(=O)[C@H](CCCN=C(N)N)NC(=O)OCc4ccccc4)CC(C)C)C(C)=O)C3=O)c3ccc(S(=O)(=O)O)cc3C2(C)C)C(C)(C)c2cc(S(=O)(=O)[O-])ccc21. The highest BCUT2D eigenvalue weighted by atomic mass is 32.2. The van der Waals surface area contributed by atoms with E-state index in [0.29, 0.717) is 61.9 Å². The number of imide groups is 1. The second-order valence-electron chi connectivity index (χ2n) is 34.7. The first-order valence-electron chi connectivity index (χ1n) is 45.0. The molecule has 37 nitrogen and oxygen atoms in total. The van der Waals surface area contributed by atoms with Crippen molar-refractivity contribution >= 4 is 137 Å². The molecule has 0 aliphatic carbocycles. The normalized spacial score (nSPS) is 16.3. The van der Waals surface area contributed by atoms with E-state index in [9.17, 15) is 103 Å². The molecule has 3 heterocycles. The van der Waals surface area contributed by atoms with Gasteiger partial charge in [-0.2, -0.15) is 13.0 Å². The van der Waals surface area contributed by atoms with Gasteiger partial charge in [-0.1, -0.05) is 76.3 Å². The maximum atomic E-state index is 14.1. The number of ketones is 6. The summed E-state index contributed by atoms with van der Waals surface area (Å²) >= 11 is 1.06. The van der Waals surface area contributed by atoms with Gasteiger partial charge in [0.1, 0.15) is 41.4 Å². The number of anilines is 1. The van der Waals surface area contributed by atoms with Gasteiger partial charge in [0.25, 0.3) is 10.1 Å². The van der Waals surface area contributed by atoms with Crippen LogP contribution in [0.1, 0.15) is 207 Å². The Morgan fingerprint density at radius 3 is 2.01 bits per heavy atom. The number of aliphatic hydroxyl groups is 1. The molecular weight excluding hydrogens is 1780 g/mol. The number of aliphatic imine (C=N–C) groups is 1. The van der Waals surface area contributed by atoms with Crippen molar-refractivity contribution in [3.05, 3.63) is 119 Å². The summed E-state index contributed by atoms with van der Waals surface area (Å²) in [6.45, 7) is 14.3. The number of benzene rings is 3. The van der Waals surface area contributed by atoms with Gasteiger partial charge in [-0.3, -0.25) is 76.8 Å². The number of Topliss-reactive ketones (excluding diaryl/α,β-unsaturated/α-hetero) is 6. The number of fused-ring (bicyclic) bond motifs is 2. The summed E-state index contributed by atoms with van der Waals surface area (Å²) in [6, 6.07) is 14.1. The highest BCUT2D eigenvalue weighted by Crippen LogP contribution is 2.49. The van der Waals surface area contributed by atoms with Crippen molar-refractivity contribution in [1.82, 2.24) is 31.5 Å². The van der Waals surface area contributed by atoms with E-state index in [0.717, 1.165) is 39.4 Å². The second kappa shape index (κ2) is 54.7. The number of nitrogens with zero attached hydrogens (tertiary/aromatic N) is 4. The highest BCUT2D eigenvalue weighted by molar-refractivity contribution is 8.00. The Balaban J connectivity index is 0.868. The summed E-state index contributed by atoms with van der Waals surface area (Å²) in [6.07, 6.45) is 9.80. The number of guanidine groups is 1. The van der Waals surface area contributed by atoms with Crippen LogP contribution in [0.4, 0.5) is 16.2 Å². The van der Waals surface area contributed by atoms with E-state index >= 15 is 0 Å². The molecule has 14 N–H and O–H groups in total. The fourth-order valence-electron chi connectivity index (χ4n) is 15.9. The lowest BCUT2D eigenvalue weighted by Gasteiger charge is -2.25. The maximum absolute atomic E-state index is 14.1. The minimum atomic E-state index is -4.68. The summed E-state index contributed by atoms with van der Waals surface area (Å²) in [4.78, 5) is 191. The number of carbonyl (C=O) groups excluding carboxylic acids is 13. The number of carbonyl (C=O) groups is 14. The smallest absolute Gasteiger partial charge is 0.408 e. The average Bonchev–Trinajstić information content (AvgIpc) is 1.59. The number of nitrogens with one attached hydrogen (secondary N) is 5. The number of unbranched alkanes of at least 4 members (excludes halogenated alkanes) is 3. The van der Waals surface area contributed by atoms with Gasteiger partial charge in [0, 0.05) is 149 Å². The number of hydrogen-bond donors (Lipinski definition) is 11. The Hall–Kier alpha value is -10.6. The van der Waals surface area contributed by atoms with E-state index in [1.165, 1.54) is 31.2 Å². The van der Waals surface area contributed by atoms with Crippen LogP contribution in [0.5, 0.6) is 0 Å². The van der Waals surface area contributed by atoms with Gasteiger partial charge < -0.3 is 77.7 Å². The highest BCUT2D eigenvalue weighted by Gasteiger charge is 2.46. The lowest BCUT2D eigenvalue weighted by atomic mass is 9.81. The predicted molar refractivity (Wildman–Crippen MR) is 496 cm³/mol. The topological polar surface area (TPSA) is 579 Å². The number of rotatable bonds is 64. The lowest BCUT2D eigenvalue weighted by molar-refractivity contribution is -0.438. The zero-order valence-corrected chi connectivity index (χ0v) is 79.6. The van der Waals surface area contributed by atoms with Crippen molar-refractivity contribution in [2.75, 3.05) is 89.5 Å². The summed E-state index contributed by atoms with van der Waals surface area (Å²) in [7, 11) is -9.21. The maximum Gasteiger partial charge on any atom is 0.408 e. The third-order valence-electron chi connectivity index (χ3n) is 23.2. The number of alkyl carbamates (subject to hydrolysis) is 1. The number of aliphatic hydroxyl groups excluding tert-OH is 1. The number of likely N-dealkylation sites (tertiary alicyclic amines) is 1. The molecule has 3 aromatic carbocycles. The number of nitrogens with two attached hydrogens (primary N) is 3. The van der Waals surface area contributed by atoms with Gasteiger partial charge in [0.05, 0.1) is 70.9 Å². The molecule has 6 rings (SSSR count). The minimum absolute atomic E-state index is 0.00543. The number of ether oxygens (including phenoxy) is 3. The lowest BCUT2D eigenvalue weighted by Crippen LogP contribution is -2.48. The van der Waals surface area contributed by atoms with Crippen LogP contribution >= 0.6 is 11.8 Å². The summed E-state index contributed by atoms with van der Waals surface area (Å²) < 4.78 is 88.7. The van der Waals surface area contributed by atoms with Crippen LogP contribution < -0.4 is 48.7 Å². The van der Waals surface area contributed by atoms with Crippen molar-refractivity contribution in [1.29, 1.82) is 0 Å². The number of hydrogen-bond acceptors (Lipinski definition) is 27. The van der Waals surface area contributed by atoms with Crippen LogP contribution in [0.15, 0.2) is 118 Å². The number of amides is 7. The zero-order valence-electron chi connectivity index (χ0n) is 77.2. The Kier molecular flexibility index (Phi) is 45.7. The number of thioether (sulfide) groups is 1. The van der Waals surface area contributed by atoms with Crippen LogP contribution in [0.2, 0.25) is 0 Å². The van der Waals surface area contributed by atoms with Gasteiger partial charge in [0.15, 0.2) is 34.8 Å². The number of likely N-dealkylation sites (N-methyl/N-ethyl adjacent to an activating group) is 1. The standard InChI is InChI=1S/C93H132N12O25S3/c1-9-103-75-37-34-68(132(122,123)124)52-70(75)92(5,6)81(103)31-15-11-16-32-82-93(7,8)71-53-69(133(125,126)127)35-38-76(71)104(82)43-20-12-17-33-83(113)97-42-44-105-85(115)54-80(89(105)120)131-59-65(61(4)107)49-66(108)26-21-30-77(110)74(36-39-86(116)117)100-84(114)58-129-47-46-128-45-23-27-67(109)55-99-87(118)63(48-60(2)3)50-78(111)72(28-18-19-40-94)101-88(119)64(56-106)51-79(112)73(29-22-41-98-90(95)96)102-91(121)130-57-62-24-13-10-14-25-62/h10-11,13-16,24-25,31-32,34-35,37-38,52-53,60,63-65,72-74,80,106H,9,12,17-23,26-30,33,36,39-51,54-59,94H2,1-8H3,(H11-,95,96,97,98,99,100,101,102,113,114,116,117,118,119,121,122,123,124,125,126,127)/t63-,64+,65+,72+,73+,74+,80?/m1/s1. The number of allylic oxidation sites excluding steroid dienone is 6. The molecule has 3 aromatic rings. The van der Waals surface area contributed by atoms with Gasteiger partial charge >= 0.3 is 12.1 Å². The summed E-state index contributed by atoms with van der Waals surface area (Å²) in [5.74, 6) is -10.6. The molecule has 40 heteroatoms. The van der Waals surface area contributed by atoms with Crippen LogP contribution in [0, 0.1) is 23.7 Å². The van der Waals surface area contributed by atoms with Crippen LogP contribution in [0.3, 0.4) is 0 Å². The van der Waals surface area contributed by atoms with Crippen molar-refractivity contribution in [3.63, 3.8) is 0 Å². The monoisotopic (exact) mass is 1910 g/mol. The predicted octanol–water partition coefficient (Wildman–Crippen LogP) is 6.47. The number of carboxylic acid groups (broad SMARTS) is 1. The molecule has 732 valence electrons. The van der Waals surface area contributed by atoms with Crippen molar-refractivity contribution in [2.24, 2.45) is 45.9 Å². The van der Waals surface area contributed by atoms with Crippen LogP contribution in [-0.4, -0.2) is 247 Å². The van der Waals surface area contributed by atoms with Gasteiger partial charge in [-0.05, 0) is 158 Å². The molecular formula is C93H132N12O25S3. The molecule has 0 radical (unpaired) electrons. The third kappa shape index (κ3) is 36.3. The average molecular weight is 1910 g/mol. The van der Waals surface area contributed by atoms with Gasteiger partial charge in [0.2, 0.25) is 41.1 Å². The van der Waals surface area contributed by atoms with E-state index in [4.69, 9.17) is 31.4 Å². The summed E-state index contributed by atoms with van der Waals surface area (Å²) in [5, 5.41) is 32.1. The first kappa shape index (κ1) is 111. The Morgan fingerprint density at radius 2 is 1.35 bits per heavy atom. The second-order valence-corrected chi connectivity index (χ2v) is 38.8. The molecule has 7 amide bonds. The van der Waals surface area contributed by atoms with E-state index in [-0.39, 0.29) is 200 Å². The fourth-order valence-corrected chi connectivity index (χ4v) is 18.3. The first-order valence-corrected chi connectivity index (χ1v) is 48.9. The first-order chi connectivity index (χ1) is 62.9. The molecule has 0 spiro atoms. The molecule has 1 saturated heterocycles. The fraction of sp³-hybridized carbons (Fsp3) is 0.570. The summed E-state index contributed by atoms with van der Waals surface area (Å²) in [5.41, 5.74) is 20.6. The van der Waals surface area contributed by atoms with Crippen molar-refractivity contribution in [3.8, 4) is 0 Å². The number of carboxylic acids is 1. The van der Waals surface area contributed by atoms with Crippen molar-refractivity contribution < 1.29 is 122 Å². The van der Waals surface area contributed by atoms with Crippen molar-refractivity contribution in [2.45, 2.75) is 241 Å². The molecule has 0 saturated carbocycles. The molecule has 3 aliphatic heterocycles. The molecule has 7 atom stereocenters. The minimum Gasteiger partial charge on any atom is -0.744 e. The molecule has 1 unspecified atom stereocenters. The van der Waals surface area contributed by atoms with Gasteiger partial charge in [-0.25, -0.2) is 13.2 Å². The zero-order chi connectivity index (χ0) is 98.3. The van der Waals surface area contributed by atoms with E-state index in [1.54, 1.807) is 42.5 Å². The van der Waals surface area contributed by atoms with E-state index < -0.39 is 157 Å².